The molecule has 0 bridgehead atoms. The smallest absolute Gasteiger partial charge is 0.305 e. The maximum Gasteiger partial charge on any atom is 0.305 e. The van der Waals surface area contributed by atoms with Gasteiger partial charge in [0.2, 0.25) is 0 Å². The van der Waals surface area contributed by atoms with Crippen molar-refractivity contribution in [2.45, 2.75) is 180 Å². The number of carbonyl (C=O) groups is 1. The molecule has 4 spiro atoms. The summed E-state index contributed by atoms with van der Waals surface area (Å²) in [5.41, 5.74) is 26.8. The molecule has 2 nitrogen and oxygen atoms in total. The minimum absolute atomic E-state index is 0.0679. The molecule has 0 aromatic heterocycles. The molecule has 5 aromatic rings. The number of benzene rings is 5. The summed E-state index contributed by atoms with van der Waals surface area (Å²) >= 11 is 0. The third-order valence-corrected chi connectivity index (χ3v) is 24.4. The van der Waals surface area contributed by atoms with E-state index >= 15 is 0 Å². The summed E-state index contributed by atoms with van der Waals surface area (Å²) in [5.74, 6) is 7.93. The third-order valence-electron chi connectivity index (χ3n) is 24.4. The molecule has 14 atom stereocenters. The lowest BCUT2D eigenvalue weighted by atomic mass is 9.56. The molecule has 0 amide bonds. The number of rotatable bonds is 12. The molecule has 0 N–H and O–H groups in total. The molecule has 61 heavy (non-hydrogen) atoms. The van der Waals surface area contributed by atoms with Crippen LogP contribution in [0, 0.1) is 22.7 Å². The molecule has 15 aliphatic carbocycles. The van der Waals surface area contributed by atoms with Crippen LogP contribution in [-0.4, -0.2) is 12.6 Å². The van der Waals surface area contributed by atoms with Crippen molar-refractivity contribution in [1.82, 2.24) is 0 Å². The Hall–Kier alpha value is -3.65. The van der Waals surface area contributed by atoms with Crippen molar-refractivity contribution >= 4 is 38.3 Å². The van der Waals surface area contributed by atoms with Gasteiger partial charge in [0.25, 0.3) is 0 Å². The van der Waals surface area contributed by atoms with Gasteiger partial charge in [-0.1, -0.05) is 69.4 Å². The van der Waals surface area contributed by atoms with Gasteiger partial charge in [-0.25, -0.2) is 0 Å². The van der Waals surface area contributed by atoms with Crippen molar-refractivity contribution in [2.75, 3.05) is 6.61 Å². The fourth-order valence-corrected chi connectivity index (χ4v) is 24.8. The number of hydrogen-bond acceptors (Lipinski definition) is 2. The van der Waals surface area contributed by atoms with Gasteiger partial charge in [0.05, 0.1) is 6.61 Å². The monoisotopic (exact) mass is 794 g/mol. The van der Waals surface area contributed by atoms with Crippen molar-refractivity contribution < 1.29 is 9.53 Å². The largest absolute Gasteiger partial charge is 0.466 e. The van der Waals surface area contributed by atoms with Gasteiger partial charge >= 0.3 is 5.97 Å². The van der Waals surface area contributed by atoms with Gasteiger partial charge in [0, 0.05) is 33.5 Å². The Morgan fingerprint density at radius 3 is 1.51 bits per heavy atom. The first-order chi connectivity index (χ1) is 30.2. The lowest BCUT2D eigenvalue weighted by molar-refractivity contribution is -0.143. The van der Waals surface area contributed by atoms with Gasteiger partial charge in [-0.15, -0.1) is 0 Å². The fraction of sp³-hybridized carbons (Fsp3) is 0.576. The van der Waals surface area contributed by atoms with Crippen molar-refractivity contribution in [1.29, 1.82) is 0 Å². The molecule has 0 aliphatic heterocycles. The van der Waals surface area contributed by atoms with Gasteiger partial charge in [0.1, 0.15) is 0 Å². The third kappa shape index (κ3) is 2.28. The van der Waals surface area contributed by atoms with Gasteiger partial charge in [0.15, 0.2) is 0 Å². The van der Waals surface area contributed by atoms with Crippen LogP contribution >= 0.6 is 0 Å². The number of esters is 1. The average Bonchev–Trinajstić information content (AvgIpc) is 3.66. The van der Waals surface area contributed by atoms with Crippen molar-refractivity contribution in [3.63, 3.8) is 0 Å². The van der Waals surface area contributed by atoms with E-state index in [-0.39, 0.29) is 11.4 Å². The fourth-order valence-electron chi connectivity index (χ4n) is 24.8. The van der Waals surface area contributed by atoms with Crippen LogP contribution in [0.1, 0.15) is 225 Å². The Balaban J connectivity index is 0.850. The molecule has 20 rings (SSSR count). The van der Waals surface area contributed by atoms with Gasteiger partial charge in [-0.05, 0) is 234 Å². The van der Waals surface area contributed by atoms with Crippen LogP contribution in [0.2, 0.25) is 0 Å². The summed E-state index contributed by atoms with van der Waals surface area (Å²) in [4.78, 5) is 13.6. The molecule has 0 heterocycles. The zero-order chi connectivity index (χ0) is 38.8. The first-order valence-corrected chi connectivity index (χ1v) is 26.2. The normalized spacial score (nSPS) is 45.3. The lowest BCUT2D eigenvalue weighted by Gasteiger charge is -2.45. The van der Waals surface area contributed by atoms with Crippen LogP contribution in [0.25, 0.3) is 43.4 Å². The minimum Gasteiger partial charge on any atom is -0.466 e. The van der Waals surface area contributed by atoms with E-state index in [1.54, 1.807) is 5.56 Å². The van der Waals surface area contributed by atoms with E-state index in [1.807, 2.05) is 99.1 Å². The molecule has 15 aliphatic rings. The number of unbranched alkanes of at least 4 members (excludes halogenated alkanes) is 5. The molecular formula is C59H54O2. The van der Waals surface area contributed by atoms with E-state index in [4.69, 9.17) is 4.74 Å². The van der Waals surface area contributed by atoms with Gasteiger partial charge in [-0.3, -0.25) is 4.79 Å². The second kappa shape index (κ2) is 8.76. The lowest BCUT2D eigenvalue weighted by Crippen LogP contribution is -2.42. The highest BCUT2D eigenvalue weighted by atomic mass is 16.5. The van der Waals surface area contributed by atoms with Crippen molar-refractivity contribution in [3.8, 4) is 11.1 Å². The molecule has 0 saturated heterocycles. The maximum absolute atomic E-state index is 13.6. The summed E-state index contributed by atoms with van der Waals surface area (Å²) in [5, 5.41) is 11.2. The zero-order valence-electron chi connectivity index (χ0n) is 35.7. The van der Waals surface area contributed by atoms with Crippen LogP contribution < -0.4 is 0 Å². The Kier molecular flexibility index (Phi) is 4.49. The molecule has 5 aromatic carbocycles. The number of fused-ring (bicyclic) bond motifs is 5. The second-order valence-corrected chi connectivity index (χ2v) is 24.5. The zero-order valence-corrected chi connectivity index (χ0v) is 35.7. The molecule has 4 fully saturated rings. The number of carbonyl (C=O) groups excluding carboxylic acids is 1. The molecule has 14 unspecified atom stereocenters. The predicted molar refractivity (Wildman–Crippen MR) is 238 cm³/mol. The molecule has 2 heteroatoms. The average molecular weight is 795 g/mol. The first kappa shape index (κ1) is 31.2. The molecular weight excluding hydrogens is 741 g/mol. The quantitative estimate of drug-likeness (QED) is 0.0701. The van der Waals surface area contributed by atoms with Crippen molar-refractivity contribution in [3.05, 3.63) is 91.5 Å². The van der Waals surface area contributed by atoms with Crippen LogP contribution in [0.5, 0.6) is 0 Å². The topological polar surface area (TPSA) is 26.3 Å². The van der Waals surface area contributed by atoms with E-state index in [0.717, 1.165) is 72.0 Å². The number of hydrogen-bond donors (Lipinski definition) is 0. The highest BCUT2D eigenvalue weighted by Crippen LogP contribution is 3.29. The van der Waals surface area contributed by atoms with Crippen LogP contribution in [-0.2, 0) is 25.8 Å². The van der Waals surface area contributed by atoms with Crippen molar-refractivity contribution in [2.24, 2.45) is 22.7 Å². The summed E-state index contributed by atoms with van der Waals surface area (Å²) < 4.78 is 6.01. The Morgan fingerprint density at radius 2 is 0.984 bits per heavy atom. The maximum atomic E-state index is 13.6. The van der Waals surface area contributed by atoms with E-state index in [0.29, 0.717) is 34.7 Å². The summed E-state index contributed by atoms with van der Waals surface area (Å²) in [6, 6.07) is 12.2. The van der Waals surface area contributed by atoms with Crippen LogP contribution in [0.4, 0.5) is 0 Å². The van der Waals surface area contributed by atoms with Gasteiger partial charge < -0.3 is 4.74 Å². The van der Waals surface area contributed by atoms with Gasteiger partial charge in [-0.2, -0.15) is 0 Å². The first-order valence-electron chi connectivity index (χ1n) is 26.2. The highest BCUT2D eigenvalue weighted by molar-refractivity contribution is 6.40. The van der Waals surface area contributed by atoms with E-state index in [2.05, 4.69) is 37.3 Å². The SMILES string of the molecule is CCCCCCCCOC(=O)CCCC1(c2ccccc2)C23C4C5CCC6c7c5c5c8c9c7c7c%10c%11c%12c%13c%14c%15c%16c(c-8c%14c%119)C8(C(C%16CCC%15C%13CCC%12C%10CCC76)C182)C543. The predicted octanol–water partition coefficient (Wildman–Crippen LogP) is 13.8. The second-order valence-electron chi connectivity index (χ2n) is 24.5. The Labute approximate surface area is 357 Å². The van der Waals surface area contributed by atoms with Crippen LogP contribution in [0.15, 0.2) is 30.3 Å². The molecule has 302 valence electrons. The standard InChI is InChI=1S/C59H54O2/c1-2-3-4-5-6-10-24-61-34(60)14-11-23-55(25-12-8-7-9-13-25)58-53-32-21-19-30-28-17-15-26-27-16-18-29-31-20-22-33-42-40(31)45-38(29)36(27)43-35(26)37(28)44-39(30)41(32)51-49-47(44)46(43)48(45)50(49)52(42)57(56(51,53)58)54(33)59(55,57)58/h7-9,12-13,26-33,53-54H,2-6,10-11,14-24H2,1H3. The minimum atomic E-state index is 0.0679. The molecule has 0 radical (unpaired) electrons. The van der Waals surface area contributed by atoms with Crippen LogP contribution in [0.3, 0.4) is 0 Å². The Bertz CT molecular complexity index is 3050. The Morgan fingerprint density at radius 1 is 0.525 bits per heavy atom. The van der Waals surface area contributed by atoms with E-state index in [1.165, 1.54) is 89.9 Å². The molecule has 4 saturated carbocycles. The van der Waals surface area contributed by atoms with E-state index in [9.17, 15) is 4.79 Å². The number of ether oxygens (including phenoxy) is 1. The summed E-state index contributed by atoms with van der Waals surface area (Å²) in [6.45, 7) is 2.89. The van der Waals surface area contributed by atoms with E-state index < -0.39 is 0 Å². The summed E-state index contributed by atoms with van der Waals surface area (Å²) in [7, 11) is 0. The summed E-state index contributed by atoms with van der Waals surface area (Å²) in [6.07, 6.45) is 21.7. The highest BCUT2D eigenvalue weighted by Gasteiger charge is 3.31.